The summed E-state index contributed by atoms with van der Waals surface area (Å²) in [6, 6.07) is 37.9. The molecule has 0 saturated carbocycles. The number of amides is 5. The number of para-hydroxylation sites is 1. The van der Waals surface area contributed by atoms with E-state index in [0.717, 1.165) is 59.0 Å². The van der Waals surface area contributed by atoms with Crippen LogP contribution in [0, 0.1) is 0 Å². The molecule has 2 aliphatic heterocycles. The van der Waals surface area contributed by atoms with Gasteiger partial charge in [0.2, 0.25) is 0 Å². The normalized spacial score (nSPS) is 15.3. The predicted octanol–water partition coefficient (Wildman–Crippen LogP) is 10.5. The molecular weight excluding hydrogens is 926 g/mol. The first-order valence-corrected chi connectivity index (χ1v) is 23.7. The largest absolute Gasteiger partial charge is 0.490 e. The molecule has 368 valence electrons. The molecule has 2 atom stereocenters. The molecule has 5 aromatic carbocycles. The van der Waals surface area contributed by atoms with E-state index in [1.807, 2.05) is 110 Å². The predicted molar refractivity (Wildman–Crippen MR) is 273 cm³/mol. The van der Waals surface area contributed by atoms with Crippen LogP contribution in [-0.4, -0.2) is 94.1 Å². The van der Waals surface area contributed by atoms with Gasteiger partial charge in [0.15, 0.2) is 0 Å². The Kier molecular flexibility index (Phi) is 17.2. The van der Waals surface area contributed by atoms with Crippen LogP contribution in [0.25, 0.3) is 22.5 Å². The van der Waals surface area contributed by atoms with Crippen LogP contribution in [0.5, 0.6) is 11.5 Å². The van der Waals surface area contributed by atoms with Crippen molar-refractivity contribution in [3.8, 4) is 34.0 Å². The standard InChI is InChI=1S/C30H30ClN5O5.C23H26N4O3/c1-35-20-32-16-27(35)26-15-24(34-29(37)33-23-9-7-22(31)8-10-23)11-12-28(26)40-19-25-17-36(13-14-39-25)30(38)41-18-21-5-3-2-4-6-21;1-27-21(12-13-24-27)20-15-18(26-23(28)25-17-7-3-2-4-8-17)10-11-22(20)30-16-19-9-5-6-14-29-19/h2-12,15-16,20,25H,13-14,17-19H2,1H3,(H2,33,34,37);2-4,7-8,10-13,15,19H,5-6,9,14,16H2,1H3,(H2,25,26,28). The van der Waals surface area contributed by atoms with Gasteiger partial charge in [0.25, 0.3) is 0 Å². The SMILES string of the molecule is Cn1cncc1-c1cc(NC(=O)Nc2ccc(Cl)cc2)ccc1OCC1CN(C(=O)OCc2ccccc2)CCO1.Cn1nccc1-c1cc(NC(=O)Nc2ccccc2)ccc1OCC1CCCCO1. The molecule has 9 rings (SSSR count). The first-order chi connectivity index (χ1) is 34.6. The summed E-state index contributed by atoms with van der Waals surface area (Å²) in [5.74, 6) is 1.33. The number of aromatic nitrogens is 4. The van der Waals surface area contributed by atoms with Crippen LogP contribution in [0.15, 0.2) is 146 Å². The average molecular weight is 983 g/mol. The number of hydrogen-bond donors (Lipinski definition) is 4. The van der Waals surface area contributed by atoms with Crippen molar-refractivity contribution in [2.45, 2.75) is 38.1 Å². The summed E-state index contributed by atoms with van der Waals surface area (Å²) in [6.07, 6.45) is 7.85. The lowest BCUT2D eigenvalue weighted by Gasteiger charge is -2.32. The molecule has 71 heavy (non-hydrogen) atoms. The molecule has 0 bridgehead atoms. The molecule has 2 unspecified atom stereocenters. The molecule has 0 aliphatic carbocycles. The van der Waals surface area contributed by atoms with E-state index in [-0.39, 0.29) is 37.5 Å². The Morgan fingerprint density at radius 2 is 1.27 bits per heavy atom. The highest BCUT2D eigenvalue weighted by Crippen LogP contribution is 2.35. The lowest BCUT2D eigenvalue weighted by Crippen LogP contribution is -2.47. The number of carbonyl (C=O) groups excluding carboxylic acids is 3. The van der Waals surface area contributed by atoms with E-state index in [9.17, 15) is 14.4 Å². The van der Waals surface area contributed by atoms with E-state index in [2.05, 4.69) is 31.3 Å². The second-order valence-electron chi connectivity index (χ2n) is 16.8. The Balaban J connectivity index is 0.000000200. The van der Waals surface area contributed by atoms with Gasteiger partial charge in [0.05, 0.1) is 43.2 Å². The number of benzene rings is 5. The highest BCUT2D eigenvalue weighted by Gasteiger charge is 2.27. The van der Waals surface area contributed by atoms with Crippen LogP contribution in [-0.2, 0) is 34.9 Å². The number of ether oxygens (including phenoxy) is 5. The Morgan fingerprint density at radius 3 is 1.87 bits per heavy atom. The third kappa shape index (κ3) is 14.4. The third-order valence-electron chi connectivity index (χ3n) is 11.5. The van der Waals surface area contributed by atoms with E-state index >= 15 is 0 Å². The zero-order valence-corrected chi connectivity index (χ0v) is 40.2. The summed E-state index contributed by atoms with van der Waals surface area (Å²) in [4.78, 5) is 43.5. The maximum atomic E-state index is 12.6. The molecule has 18 heteroatoms. The van der Waals surface area contributed by atoms with Gasteiger partial charge in [0.1, 0.15) is 37.4 Å². The van der Waals surface area contributed by atoms with E-state index in [4.69, 9.17) is 35.3 Å². The molecular formula is C53H56ClN9O8. The number of nitrogens with one attached hydrogen (secondary N) is 4. The molecule has 7 aromatic rings. The van der Waals surface area contributed by atoms with Crippen molar-refractivity contribution in [2.75, 3.05) is 60.8 Å². The number of urea groups is 2. The molecule has 2 aliphatic rings. The van der Waals surface area contributed by atoms with E-state index in [0.29, 0.717) is 54.1 Å². The van der Waals surface area contributed by atoms with Crippen LogP contribution in [0.3, 0.4) is 0 Å². The number of morpholine rings is 1. The van der Waals surface area contributed by atoms with Crippen LogP contribution >= 0.6 is 11.6 Å². The van der Waals surface area contributed by atoms with Gasteiger partial charge in [-0.15, -0.1) is 0 Å². The quantitative estimate of drug-likeness (QED) is 0.0818. The number of rotatable bonds is 14. The van der Waals surface area contributed by atoms with Crippen molar-refractivity contribution in [3.63, 3.8) is 0 Å². The van der Waals surface area contributed by atoms with Gasteiger partial charge in [-0.2, -0.15) is 5.10 Å². The number of halogens is 1. The topological polar surface area (TPSA) is 184 Å². The number of anilines is 4. The van der Waals surface area contributed by atoms with Gasteiger partial charge in [-0.25, -0.2) is 19.4 Å². The minimum absolute atomic E-state index is 0.118. The number of imidazole rings is 1. The lowest BCUT2D eigenvalue weighted by molar-refractivity contribution is -0.0458. The van der Waals surface area contributed by atoms with Gasteiger partial charge in [-0.3, -0.25) is 4.68 Å². The van der Waals surface area contributed by atoms with Crippen molar-refractivity contribution in [2.24, 2.45) is 14.1 Å². The number of hydrogen-bond acceptors (Lipinski definition) is 10. The summed E-state index contributed by atoms with van der Waals surface area (Å²) in [7, 11) is 3.76. The Labute approximate surface area is 417 Å². The van der Waals surface area contributed by atoms with Crippen molar-refractivity contribution < 1.29 is 38.1 Å². The zero-order valence-electron chi connectivity index (χ0n) is 39.5. The third-order valence-corrected chi connectivity index (χ3v) is 11.8. The second-order valence-corrected chi connectivity index (χ2v) is 17.2. The summed E-state index contributed by atoms with van der Waals surface area (Å²) < 4.78 is 33.1. The minimum Gasteiger partial charge on any atom is -0.490 e. The Hall–Kier alpha value is -7.86. The second kappa shape index (κ2) is 24.6. The Morgan fingerprint density at radius 1 is 0.676 bits per heavy atom. The molecule has 17 nitrogen and oxygen atoms in total. The molecule has 0 radical (unpaired) electrons. The van der Waals surface area contributed by atoms with Gasteiger partial charge in [-0.05, 0) is 104 Å². The monoisotopic (exact) mass is 981 g/mol. The summed E-state index contributed by atoms with van der Waals surface area (Å²) in [5.41, 5.74) is 6.82. The van der Waals surface area contributed by atoms with Gasteiger partial charge >= 0.3 is 18.2 Å². The van der Waals surface area contributed by atoms with Gasteiger partial charge in [0, 0.05) is 72.3 Å². The van der Waals surface area contributed by atoms with Gasteiger partial charge < -0.3 is 54.4 Å². The number of nitrogens with zero attached hydrogens (tertiary/aromatic N) is 5. The highest BCUT2D eigenvalue weighted by molar-refractivity contribution is 6.30. The van der Waals surface area contributed by atoms with Crippen LogP contribution in [0.1, 0.15) is 24.8 Å². The smallest absolute Gasteiger partial charge is 0.410 e. The fourth-order valence-corrected chi connectivity index (χ4v) is 7.99. The molecule has 4 heterocycles. The molecule has 5 amide bonds. The summed E-state index contributed by atoms with van der Waals surface area (Å²) in [5, 5.41) is 16.2. The first kappa shape index (κ1) is 49.6. The van der Waals surface area contributed by atoms with E-state index < -0.39 is 6.03 Å². The van der Waals surface area contributed by atoms with E-state index in [1.165, 1.54) is 6.42 Å². The average Bonchev–Trinajstić information content (AvgIpc) is 4.03. The maximum absolute atomic E-state index is 12.6. The first-order valence-electron chi connectivity index (χ1n) is 23.3. The fraction of sp³-hybridized carbons (Fsp3) is 0.264. The molecule has 2 fully saturated rings. The Bertz CT molecular complexity index is 2840. The molecule has 2 aromatic heterocycles. The van der Waals surface area contributed by atoms with Crippen molar-refractivity contribution in [1.29, 1.82) is 0 Å². The molecule has 4 N–H and O–H groups in total. The molecule has 0 spiro atoms. The molecule has 2 saturated heterocycles. The minimum atomic E-state index is -0.396. The van der Waals surface area contributed by atoms with Crippen molar-refractivity contribution in [1.82, 2.24) is 24.2 Å². The van der Waals surface area contributed by atoms with Crippen LogP contribution in [0.2, 0.25) is 5.02 Å². The maximum Gasteiger partial charge on any atom is 0.410 e. The summed E-state index contributed by atoms with van der Waals surface area (Å²) >= 11 is 5.92. The fourth-order valence-electron chi connectivity index (χ4n) is 7.86. The zero-order chi connectivity index (χ0) is 49.4. The van der Waals surface area contributed by atoms with Gasteiger partial charge in [-0.1, -0.05) is 60.1 Å². The van der Waals surface area contributed by atoms with Crippen LogP contribution < -0.4 is 30.7 Å². The summed E-state index contributed by atoms with van der Waals surface area (Å²) in [6.45, 7) is 2.91. The van der Waals surface area contributed by atoms with Crippen molar-refractivity contribution >= 4 is 52.5 Å². The van der Waals surface area contributed by atoms with E-state index in [1.54, 1.807) is 64.7 Å². The van der Waals surface area contributed by atoms with Crippen LogP contribution in [0.4, 0.5) is 37.1 Å². The number of aryl methyl sites for hydroxylation is 2. The van der Waals surface area contributed by atoms with Crippen molar-refractivity contribution in [3.05, 3.63) is 157 Å². The lowest BCUT2D eigenvalue weighted by atomic mass is 10.1. The highest BCUT2D eigenvalue weighted by atomic mass is 35.5. The number of carbonyl (C=O) groups is 3.